The summed E-state index contributed by atoms with van der Waals surface area (Å²) in [5.74, 6) is 0. The Balaban J connectivity index is 2.29. The van der Waals surface area contributed by atoms with Gasteiger partial charge in [0.25, 0.3) is 0 Å². The first-order valence-corrected chi connectivity index (χ1v) is 5.25. The zero-order valence-corrected chi connectivity index (χ0v) is 8.36. The Morgan fingerprint density at radius 1 is 1.22 bits per heavy atom. The summed E-state index contributed by atoms with van der Waals surface area (Å²) in [6.07, 6.45) is 6.57. The number of rotatable bonds is 0. The van der Waals surface area contributed by atoms with Crippen LogP contribution in [0.15, 0.2) is 0 Å². The molecule has 0 aromatic carbocycles. The van der Waals surface area contributed by atoms with E-state index in [2.05, 4.69) is 22.6 Å². The van der Waals surface area contributed by atoms with Crippen molar-refractivity contribution >= 4 is 34.2 Å². The second-order valence-electron chi connectivity index (χ2n) is 2.71. The van der Waals surface area contributed by atoms with E-state index >= 15 is 0 Å². The molecule has 0 aliphatic heterocycles. The summed E-state index contributed by atoms with van der Waals surface area (Å²) < 4.78 is 0.840. The van der Waals surface area contributed by atoms with E-state index in [1.54, 1.807) is 0 Å². The van der Waals surface area contributed by atoms with Crippen molar-refractivity contribution in [1.82, 2.24) is 0 Å². The molecule has 2 unspecified atom stereocenters. The normalized spacial score (nSPS) is 38.0. The molecule has 0 aromatic heterocycles. The van der Waals surface area contributed by atoms with Gasteiger partial charge in [0.1, 0.15) is 0 Å². The van der Waals surface area contributed by atoms with Crippen LogP contribution in [0.25, 0.3) is 0 Å². The summed E-state index contributed by atoms with van der Waals surface area (Å²) in [5.41, 5.74) is 0. The summed E-state index contributed by atoms with van der Waals surface area (Å²) >= 11 is 8.52. The molecule has 0 radical (unpaired) electrons. The van der Waals surface area contributed by atoms with Crippen molar-refractivity contribution < 1.29 is 0 Å². The number of halogens is 2. The summed E-state index contributed by atoms with van der Waals surface area (Å²) in [6.45, 7) is 0. The Morgan fingerprint density at radius 3 is 2.67 bits per heavy atom. The Labute approximate surface area is 75.5 Å². The van der Waals surface area contributed by atoms with Crippen LogP contribution < -0.4 is 0 Å². The van der Waals surface area contributed by atoms with Crippen molar-refractivity contribution in [2.24, 2.45) is 0 Å². The fraction of sp³-hybridized carbons (Fsp3) is 1.00. The van der Waals surface area contributed by atoms with Crippen LogP contribution in [0, 0.1) is 0 Å². The van der Waals surface area contributed by atoms with Crippen molar-refractivity contribution in [1.29, 1.82) is 0 Å². The molecule has 2 atom stereocenters. The quantitative estimate of drug-likeness (QED) is 0.355. The maximum atomic E-state index is 6.01. The van der Waals surface area contributed by atoms with E-state index in [9.17, 15) is 0 Å². The molecule has 1 fully saturated rings. The molecule has 9 heavy (non-hydrogen) atoms. The van der Waals surface area contributed by atoms with Gasteiger partial charge in [0.15, 0.2) is 0 Å². The van der Waals surface area contributed by atoms with E-state index in [1.807, 2.05) is 0 Å². The van der Waals surface area contributed by atoms with Crippen LogP contribution in [0.3, 0.4) is 0 Å². The van der Waals surface area contributed by atoms with E-state index in [-0.39, 0.29) is 0 Å². The lowest BCUT2D eigenvalue weighted by Crippen LogP contribution is -2.02. The van der Waals surface area contributed by atoms with Gasteiger partial charge >= 0.3 is 0 Å². The monoisotopic (exact) mass is 258 g/mol. The average Bonchev–Trinajstić information content (AvgIpc) is 1.93. The Kier molecular flexibility index (Phi) is 3.62. The average molecular weight is 259 g/mol. The number of hydrogen-bond donors (Lipinski definition) is 0. The third kappa shape index (κ3) is 3.08. The first-order valence-electron chi connectivity index (χ1n) is 3.57. The highest BCUT2D eigenvalue weighted by Gasteiger charge is 2.14. The Hall–Kier alpha value is 1.02. The van der Waals surface area contributed by atoms with Gasteiger partial charge in [0.2, 0.25) is 0 Å². The second kappa shape index (κ2) is 4.02. The van der Waals surface area contributed by atoms with Crippen molar-refractivity contribution in [2.45, 2.75) is 41.4 Å². The zero-order valence-electron chi connectivity index (χ0n) is 5.45. The standard InChI is InChI=1S/C7H12ClI/c8-6-3-1-2-4-7(9)5-6/h6-7H,1-5H2. The predicted molar refractivity (Wildman–Crippen MR) is 50.5 cm³/mol. The molecule has 1 aliphatic rings. The molecule has 0 heterocycles. The third-order valence-corrected chi connectivity index (χ3v) is 3.32. The molecule has 0 N–H and O–H groups in total. The molecule has 1 saturated carbocycles. The van der Waals surface area contributed by atoms with Crippen molar-refractivity contribution in [3.63, 3.8) is 0 Å². The van der Waals surface area contributed by atoms with Gasteiger partial charge in [-0.3, -0.25) is 0 Å². The van der Waals surface area contributed by atoms with Crippen LogP contribution in [-0.4, -0.2) is 9.30 Å². The van der Waals surface area contributed by atoms with Gasteiger partial charge in [-0.1, -0.05) is 35.4 Å². The first-order chi connectivity index (χ1) is 4.29. The van der Waals surface area contributed by atoms with Crippen LogP contribution in [0.1, 0.15) is 32.1 Å². The third-order valence-electron chi connectivity index (χ3n) is 1.80. The lowest BCUT2D eigenvalue weighted by Gasteiger charge is -2.06. The summed E-state index contributed by atoms with van der Waals surface area (Å²) in [4.78, 5) is 0. The molecule has 1 aliphatic carbocycles. The smallest absolute Gasteiger partial charge is 0.0346 e. The van der Waals surface area contributed by atoms with Gasteiger partial charge in [-0.25, -0.2) is 0 Å². The van der Waals surface area contributed by atoms with Crippen molar-refractivity contribution in [2.75, 3.05) is 0 Å². The van der Waals surface area contributed by atoms with Gasteiger partial charge in [0.05, 0.1) is 0 Å². The van der Waals surface area contributed by atoms with E-state index in [0.29, 0.717) is 5.38 Å². The first kappa shape index (κ1) is 8.12. The minimum absolute atomic E-state index is 0.467. The predicted octanol–water partition coefficient (Wildman–Crippen LogP) is 3.36. The molecule has 0 amide bonds. The zero-order chi connectivity index (χ0) is 6.69. The highest BCUT2D eigenvalue weighted by Crippen LogP contribution is 2.26. The Bertz CT molecular complexity index is 75.0. The second-order valence-corrected chi connectivity index (χ2v) is 5.09. The molecule has 0 spiro atoms. The van der Waals surface area contributed by atoms with E-state index in [0.717, 1.165) is 3.92 Å². The highest BCUT2D eigenvalue weighted by atomic mass is 127. The molecular formula is C7H12ClI. The van der Waals surface area contributed by atoms with Crippen LogP contribution in [0.4, 0.5) is 0 Å². The summed E-state index contributed by atoms with van der Waals surface area (Å²) in [7, 11) is 0. The topological polar surface area (TPSA) is 0 Å². The van der Waals surface area contributed by atoms with E-state index in [1.165, 1.54) is 32.1 Å². The lowest BCUT2D eigenvalue weighted by molar-refractivity contribution is 0.707. The maximum absolute atomic E-state index is 6.01. The molecule has 0 saturated heterocycles. The number of hydrogen-bond acceptors (Lipinski definition) is 0. The van der Waals surface area contributed by atoms with Crippen molar-refractivity contribution in [3.8, 4) is 0 Å². The fourth-order valence-electron chi connectivity index (χ4n) is 1.24. The summed E-state index contributed by atoms with van der Waals surface area (Å²) in [5, 5.41) is 0.467. The maximum Gasteiger partial charge on any atom is 0.0346 e. The van der Waals surface area contributed by atoms with Gasteiger partial charge in [0, 0.05) is 9.30 Å². The Morgan fingerprint density at radius 2 is 1.89 bits per heavy atom. The van der Waals surface area contributed by atoms with Gasteiger partial charge < -0.3 is 0 Å². The highest BCUT2D eigenvalue weighted by molar-refractivity contribution is 14.1. The van der Waals surface area contributed by atoms with Crippen LogP contribution in [0.5, 0.6) is 0 Å². The summed E-state index contributed by atoms with van der Waals surface area (Å²) in [6, 6.07) is 0. The molecule has 0 nitrogen and oxygen atoms in total. The molecule has 2 heteroatoms. The molecule has 0 aromatic rings. The minimum Gasteiger partial charge on any atom is -0.123 e. The fourth-order valence-corrected chi connectivity index (χ4v) is 2.97. The molecule has 1 rings (SSSR count). The SMILES string of the molecule is ClC1CCCCC(I)C1. The largest absolute Gasteiger partial charge is 0.123 e. The van der Waals surface area contributed by atoms with Gasteiger partial charge in [-0.15, -0.1) is 11.6 Å². The van der Waals surface area contributed by atoms with E-state index < -0.39 is 0 Å². The van der Waals surface area contributed by atoms with E-state index in [4.69, 9.17) is 11.6 Å². The molecular weight excluding hydrogens is 246 g/mol. The lowest BCUT2D eigenvalue weighted by atomic mass is 10.2. The van der Waals surface area contributed by atoms with Gasteiger partial charge in [-0.2, -0.15) is 0 Å². The minimum atomic E-state index is 0.467. The van der Waals surface area contributed by atoms with Crippen LogP contribution >= 0.6 is 34.2 Å². The number of alkyl halides is 2. The van der Waals surface area contributed by atoms with Crippen LogP contribution in [0.2, 0.25) is 0 Å². The van der Waals surface area contributed by atoms with Crippen molar-refractivity contribution in [3.05, 3.63) is 0 Å². The van der Waals surface area contributed by atoms with Gasteiger partial charge in [-0.05, 0) is 19.3 Å². The van der Waals surface area contributed by atoms with Crippen LogP contribution in [-0.2, 0) is 0 Å². The molecule has 54 valence electrons. The molecule has 0 bridgehead atoms.